The molecule has 0 aliphatic heterocycles. The van der Waals surface area contributed by atoms with E-state index in [0.717, 1.165) is 56.0 Å². The minimum absolute atomic E-state index is 0.352. The summed E-state index contributed by atoms with van der Waals surface area (Å²) in [5.41, 5.74) is 19.3. The molecule has 11 rings (SSSR count). The van der Waals surface area contributed by atoms with Gasteiger partial charge in [-0.15, -0.1) is 0 Å². The lowest BCUT2D eigenvalue weighted by atomic mass is 9.82. The monoisotopic (exact) mass is 778 g/mol. The largest absolute Gasteiger partial charge is 0.309 e. The van der Waals surface area contributed by atoms with Crippen LogP contribution < -0.4 is 0 Å². The SMILES string of the molecule is [C-]#[N+]c1ccc(-n2c(-c3ccccc3)c(-c3ccccc3)c3cc4c(cc32)C(C)(C)c2cc3c(cc2-4)c(-c2ccccc2)c(-c2ccccc2)n3-c2ccc(C#N)cc2)cc1. The molecular weight excluding hydrogens is 741 g/mol. The maximum atomic E-state index is 9.75. The Kier molecular flexibility index (Phi) is 8.24. The van der Waals surface area contributed by atoms with E-state index in [4.69, 9.17) is 6.57 Å². The molecule has 286 valence electrons. The number of hydrogen-bond donors (Lipinski definition) is 0. The van der Waals surface area contributed by atoms with E-state index in [1.807, 2.05) is 24.3 Å². The molecule has 0 unspecified atom stereocenters. The molecule has 0 N–H and O–H groups in total. The predicted octanol–water partition coefficient (Wildman–Crippen LogP) is 15.0. The minimum Gasteiger partial charge on any atom is -0.309 e. The van der Waals surface area contributed by atoms with Crippen molar-refractivity contribution in [2.75, 3.05) is 0 Å². The van der Waals surface area contributed by atoms with Crippen LogP contribution in [0.5, 0.6) is 0 Å². The van der Waals surface area contributed by atoms with Gasteiger partial charge in [0.05, 0.1) is 40.6 Å². The second kappa shape index (κ2) is 14.0. The molecule has 0 atom stereocenters. The van der Waals surface area contributed by atoms with Crippen molar-refractivity contribution in [3.63, 3.8) is 0 Å². The van der Waals surface area contributed by atoms with E-state index in [1.54, 1.807) is 0 Å². The molecule has 0 fully saturated rings. The third kappa shape index (κ3) is 5.58. The van der Waals surface area contributed by atoms with E-state index < -0.39 is 0 Å². The van der Waals surface area contributed by atoms with Gasteiger partial charge in [0.25, 0.3) is 0 Å². The highest BCUT2D eigenvalue weighted by atomic mass is 15.0. The average Bonchev–Trinajstić information content (AvgIpc) is 3.91. The first-order chi connectivity index (χ1) is 29.9. The highest BCUT2D eigenvalue weighted by Gasteiger charge is 2.39. The summed E-state index contributed by atoms with van der Waals surface area (Å²) in [7, 11) is 0. The van der Waals surface area contributed by atoms with Crippen LogP contribution in [0.15, 0.2) is 194 Å². The first-order valence-electron chi connectivity index (χ1n) is 20.6. The number of nitriles is 1. The zero-order valence-corrected chi connectivity index (χ0v) is 33.8. The van der Waals surface area contributed by atoms with Gasteiger partial charge in [0.1, 0.15) is 0 Å². The molecule has 0 spiro atoms. The summed E-state index contributed by atoms with van der Waals surface area (Å²) in [6, 6.07) is 70.8. The highest BCUT2D eigenvalue weighted by molar-refractivity contribution is 6.12. The van der Waals surface area contributed by atoms with Gasteiger partial charge in [-0.2, -0.15) is 5.26 Å². The zero-order valence-electron chi connectivity index (χ0n) is 33.8. The molecule has 4 nitrogen and oxygen atoms in total. The molecule has 8 aromatic carbocycles. The van der Waals surface area contributed by atoms with Crippen LogP contribution in [0.2, 0.25) is 0 Å². The molecular formula is C57H38N4. The van der Waals surface area contributed by atoms with Crippen LogP contribution in [-0.4, -0.2) is 9.13 Å². The van der Waals surface area contributed by atoms with Crippen molar-refractivity contribution in [3.8, 4) is 73.3 Å². The third-order valence-corrected chi connectivity index (χ3v) is 12.6. The Morgan fingerprint density at radius 1 is 0.475 bits per heavy atom. The molecule has 2 heterocycles. The fraction of sp³-hybridized carbons (Fsp3) is 0.0526. The number of aromatic nitrogens is 2. The van der Waals surface area contributed by atoms with Crippen LogP contribution in [0, 0.1) is 17.9 Å². The zero-order chi connectivity index (χ0) is 41.2. The molecule has 10 aromatic rings. The van der Waals surface area contributed by atoms with E-state index >= 15 is 0 Å². The second-order valence-corrected chi connectivity index (χ2v) is 16.3. The molecule has 0 saturated carbocycles. The second-order valence-electron chi connectivity index (χ2n) is 16.3. The standard InChI is InChI=1S/C57H38N4/c1-57(2)49-34-51-47(53(38-16-8-4-9-17-38)55(40-20-12-6-13-21-40)60(51)43-28-24-37(36-58)25-29-43)32-45(49)46-33-48-52(35-50(46)57)61(44-30-26-42(59-3)27-31-44)56(41-22-14-7-15-23-41)54(48)39-18-10-5-11-19-39/h4-35H,1-2H3. The molecule has 4 heteroatoms. The molecule has 0 bridgehead atoms. The maximum absolute atomic E-state index is 9.75. The molecule has 61 heavy (non-hydrogen) atoms. The molecule has 0 amide bonds. The Labute approximate surface area is 355 Å². The Bertz CT molecular complexity index is 3170. The minimum atomic E-state index is -0.352. The first-order valence-corrected chi connectivity index (χ1v) is 20.6. The maximum Gasteiger partial charge on any atom is 0.187 e. The Hall–Kier alpha value is -8.18. The summed E-state index contributed by atoms with van der Waals surface area (Å²) in [5.74, 6) is 0. The topological polar surface area (TPSA) is 38.0 Å². The highest BCUT2D eigenvalue weighted by Crippen LogP contribution is 2.55. The van der Waals surface area contributed by atoms with Crippen LogP contribution >= 0.6 is 0 Å². The van der Waals surface area contributed by atoms with E-state index in [2.05, 4.69) is 204 Å². The van der Waals surface area contributed by atoms with Gasteiger partial charge in [0.15, 0.2) is 5.69 Å². The lowest BCUT2D eigenvalue weighted by Gasteiger charge is -2.22. The summed E-state index contributed by atoms with van der Waals surface area (Å²) in [6.07, 6.45) is 0. The average molecular weight is 779 g/mol. The number of benzene rings is 8. The summed E-state index contributed by atoms with van der Waals surface area (Å²) in [6.45, 7) is 12.4. The summed E-state index contributed by atoms with van der Waals surface area (Å²) >= 11 is 0. The van der Waals surface area contributed by atoms with E-state index in [9.17, 15) is 5.26 Å². The van der Waals surface area contributed by atoms with Crippen molar-refractivity contribution < 1.29 is 0 Å². The van der Waals surface area contributed by atoms with Crippen molar-refractivity contribution in [3.05, 3.63) is 222 Å². The van der Waals surface area contributed by atoms with Gasteiger partial charge in [0.2, 0.25) is 0 Å². The number of hydrogen-bond acceptors (Lipinski definition) is 1. The lowest BCUT2D eigenvalue weighted by molar-refractivity contribution is 0.661. The van der Waals surface area contributed by atoms with E-state index in [0.29, 0.717) is 11.3 Å². The fourth-order valence-electron chi connectivity index (χ4n) is 9.72. The van der Waals surface area contributed by atoms with E-state index in [-0.39, 0.29) is 5.41 Å². The van der Waals surface area contributed by atoms with Gasteiger partial charge >= 0.3 is 0 Å². The molecule has 1 aliphatic carbocycles. The normalized spacial score (nSPS) is 12.5. The van der Waals surface area contributed by atoms with Gasteiger partial charge in [-0.25, -0.2) is 4.85 Å². The van der Waals surface area contributed by atoms with Gasteiger partial charge in [0, 0.05) is 38.7 Å². The van der Waals surface area contributed by atoms with Crippen molar-refractivity contribution in [1.82, 2.24) is 9.13 Å². The van der Waals surface area contributed by atoms with Crippen LogP contribution in [-0.2, 0) is 5.41 Å². The Morgan fingerprint density at radius 3 is 1.23 bits per heavy atom. The summed E-state index contributed by atoms with van der Waals surface area (Å²) in [4.78, 5) is 3.72. The Morgan fingerprint density at radius 2 is 0.852 bits per heavy atom. The first kappa shape index (κ1) is 35.9. The van der Waals surface area contributed by atoms with E-state index in [1.165, 1.54) is 44.2 Å². The van der Waals surface area contributed by atoms with Crippen LogP contribution in [0.4, 0.5) is 5.69 Å². The van der Waals surface area contributed by atoms with Gasteiger partial charge in [-0.05, 0) is 105 Å². The molecule has 0 radical (unpaired) electrons. The lowest BCUT2D eigenvalue weighted by Crippen LogP contribution is -2.15. The Balaban J connectivity index is 1.26. The summed E-state index contributed by atoms with van der Waals surface area (Å²) < 4.78 is 4.79. The van der Waals surface area contributed by atoms with Crippen LogP contribution in [0.3, 0.4) is 0 Å². The van der Waals surface area contributed by atoms with Crippen LogP contribution in [0.1, 0.15) is 30.5 Å². The molecule has 2 aromatic heterocycles. The number of fused-ring (bicyclic) bond motifs is 5. The van der Waals surface area contributed by atoms with Gasteiger partial charge in [-0.1, -0.05) is 147 Å². The molecule has 0 saturated heterocycles. The number of nitrogens with zero attached hydrogens (tertiary/aromatic N) is 4. The van der Waals surface area contributed by atoms with Crippen LogP contribution in [0.25, 0.3) is 93.9 Å². The summed E-state index contributed by atoms with van der Waals surface area (Å²) in [5, 5.41) is 12.1. The van der Waals surface area contributed by atoms with Gasteiger partial charge < -0.3 is 9.13 Å². The van der Waals surface area contributed by atoms with Crippen molar-refractivity contribution in [2.45, 2.75) is 19.3 Å². The van der Waals surface area contributed by atoms with Crippen molar-refractivity contribution >= 4 is 27.5 Å². The molecule has 1 aliphatic rings. The third-order valence-electron chi connectivity index (χ3n) is 12.6. The van der Waals surface area contributed by atoms with Crippen molar-refractivity contribution in [1.29, 1.82) is 5.26 Å². The number of rotatable bonds is 6. The fourth-order valence-corrected chi connectivity index (χ4v) is 9.72. The predicted molar refractivity (Wildman–Crippen MR) is 250 cm³/mol. The van der Waals surface area contributed by atoms with Gasteiger partial charge in [-0.3, -0.25) is 0 Å². The quantitative estimate of drug-likeness (QED) is 0.155. The van der Waals surface area contributed by atoms with Crippen molar-refractivity contribution in [2.24, 2.45) is 0 Å². The smallest absolute Gasteiger partial charge is 0.187 e.